The van der Waals surface area contributed by atoms with Crippen molar-refractivity contribution in [2.45, 2.75) is 17.9 Å². The second-order valence-electron chi connectivity index (χ2n) is 8.35. The highest BCUT2D eigenvalue weighted by Gasteiger charge is 2.23. The third-order valence-corrected chi connectivity index (χ3v) is 7.14. The number of hydrogen-bond acceptors (Lipinski definition) is 5. The molecule has 1 aromatic carbocycles. The summed E-state index contributed by atoms with van der Waals surface area (Å²) in [6.45, 7) is 4.23. The van der Waals surface area contributed by atoms with Crippen molar-refractivity contribution in [3.63, 3.8) is 0 Å². The number of carbonyl (C=O) groups excluding carboxylic acids is 2. The second kappa shape index (κ2) is 9.80. The highest BCUT2D eigenvalue weighted by atomic mass is 32.2. The zero-order chi connectivity index (χ0) is 22.6. The van der Waals surface area contributed by atoms with Crippen LogP contribution in [0.3, 0.4) is 0 Å². The number of piperazine rings is 1. The van der Waals surface area contributed by atoms with E-state index in [9.17, 15) is 9.59 Å². The lowest BCUT2D eigenvalue weighted by Crippen LogP contribution is -2.51. The lowest BCUT2D eigenvalue weighted by Gasteiger charge is -2.34. The fourth-order valence-corrected chi connectivity index (χ4v) is 5.28. The Balaban J connectivity index is 1.04. The summed E-state index contributed by atoms with van der Waals surface area (Å²) in [5, 5.41) is 3.99. The Kier molecular flexibility index (Phi) is 6.46. The molecule has 1 N–H and O–H groups in total. The van der Waals surface area contributed by atoms with E-state index in [0.29, 0.717) is 24.5 Å². The van der Waals surface area contributed by atoms with Crippen molar-refractivity contribution in [2.75, 3.05) is 39.3 Å². The fourth-order valence-electron chi connectivity index (χ4n) is 4.27. The first-order valence-electron chi connectivity index (χ1n) is 11.4. The van der Waals surface area contributed by atoms with E-state index in [4.69, 9.17) is 0 Å². The van der Waals surface area contributed by atoms with Crippen LogP contribution in [-0.2, 0) is 16.0 Å². The van der Waals surface area contributed by atoms with Gasteiger partial charge < -0.3 is 10.2 Å². The van der Waals surface area contributed by atoms with Gasteiger partial charge in [-0.3, -0.25) is 18.9 Å². The van der Waals surface area contributed by atoms with Crippen LogP contribution in [0.1, 0.15) is 17.7 Å². The van der Waals surface area contributed by atoms with Crippen molar-refractivity contribution in [3.8, 4) is 0 Å². The number of amides is 2. The third-order valence-electron chi connectivity index (χ3n) is 6.09. The molecular weight excluding hydrogens is 434 g/mol. The van der Waals surface area contributed by atoms with Crippen molar-refractivity contribution in [1.29, 1.82) is 0 Å². The summed E-state index contributed by atoms with van der Waals surface area (Å²) < 4.78 is 2.05. The summed E-state index contributed by atoms with van der Waals surface area (Å²) in [7, 11) is 0. The van der Waals surface area contributed by atoms with E-state index < -0.39 is 0 Å². The van der Waals surface area contributed by atoms with Crippen LogP contribution in [0.5, 0.6) is 0 Å². The maximum atomic E-state index is 12.7. The van der Waals surface area contributed by atoms with Gasteiger partial charge in [-0.15, -0.1) is 0 Å². The number of carbonyl (C=O) groups is 2. The molecule has 7 nitrogen and oxygen atoms in total. The van der Waals surface area contributed by atoms with Crippen LogP contribution in [0.2, 0.25) is 0 Å². The van der Waals surface area contributed by atoms with E-state index in [1.54, 1.807) is 6.20 Å². The molecule has 0 atom stereocenters. The van der Waals surface area contributed by atoms with Gasteiger partial charge in [0.2, 0.25) is 5.91 Å². The molecule has 0 saturated carbocycles. The van der Waals surface area contributed by atoms with Gasteiger partial charge in [0.15, 0.2) is 0 Å². The zero-order valence-corrected chi connectivity index (χ0v) is 19.3. The van der Waals surface area contributed by atoms with Crippen molar-refractivity contribution in [1.82, 2.24) is 24.5 Å². The number of imidazole rings is 1. The normalized spacial score (nSPS) is 16.2. The van der Waals surface area contributed by atoms with Gasteiger partial charge in [0, 0.05) is 32.7 Å². The number of nitrogens with one attached hydrogen (secondary N) is 1. The lowest BCUT2D eigenvalue weighted by atomic mass is 10.1. The van der Waals surface area contributed by atoms with Crippen molar-refractivity contribution >= 4 is 35.3 Å². The van der Waals surface area contributed by atoms with Crippen LogP contribution >= 0.6 is 11.8 Å². The van der Waals surface area contributed by atoms with E-state index >= 15 is 0 Å². The van der Waals surface area contributed by atoms with E-state index in [0.717, 1.165) is 48.8 Å². The Hall–Kier alpha value is -3.10. The number of nitrogens with zero attached hydrogens (tertiary/aromatic N) is 4. The smallest absolute Gasteiger partial charge is 0.258 e. The number of aromatic nitrogens is 2. The predicted molar refractivity (Wildman–Crippen MR) is 130 cm³/mol. The Labute approximate surface area is 197 Å². The molecule has 2 aliphatic heterocycles. The summed E-state index contributed by atoms with van der Waals surface area (Å²) in [4.78, 5) is 34.4. The second-order valence-corrected chi connectivity index (χ2v) is 9.42. The molecule has 1 saturated heterocycles. The molecule has 8 heteroatoms. The van der Waals surface area contributed by atoms with Crippen LogP contribution in [0.4, 0.5) is 0 Å². The summed E-state index contributed by atoms with van der Waals surface area (Å²) in [5.41, 5.74) is 3.10. The highest BCUT2D eigenvalue weighted by Crippen LogP contribution is 2.34. The SMILES string of the molecule is O=C(NCCCN1CCN(CCc2ccccc2)CC1=O)C1=Cc2cnc3cccc(n23)S1. The van der Waals surface area contributed by atoms with Crippen LogP contribution in [0, 0.1) is 0 Å². The molecule has 0 aliphatic carbocycles. The molecule has 0 radical (unpaired) electrons. The summed E-state index contributed by atoms with van der Waals surface area (Å²) in [6, 6.07) is 16.3. The molecule has 2 amide bonds. The standard InChI is InChI=1S/C25H27N5O2S/c31-23-18-28(13-10-19-6-2-1-3-7-19)14-15-29(23)12-5-11-26-25(32)21-16-20-17-27-22-8-4-9-24(33-21)30(20)22/h1-4,6-9,16-17H,5,10-15,18H2,(H,26,32). The van der Waals surface area contributed by atoms with Gasteiger partial charge in [-0.2, -0.15) is 0 Å². The van der Waals surface area contributed by atoms with Gasteiger partial charge >= 0.3 is 0 Å². The van der Waals surface area contributed by atoms with Gasteiger partial charge in [0.05, 0.1) is 28.4 Å². The van der Waals surface area contributed by atoms with Crippen molar-refractivity contribution < 1.29 is 9.59 Å². The van der Waals surface area contributed by atoms with Crippen molar-refractivity contribution in [2.24, 2.45) is 0 Å². The molecule has 2 aromatic heterocycles. The lowest BCUT2D eigenvalue weighted by molar-refractivity contribution is -0.136. The van der Waals surface area contributed by atoms with Crippen molar-refractivity contribution in [3.05, 3.63) is 70.9 Å². The largest absolute Gasteiger partial charge is 0.352 e. The van der Waals surface area contributed by atoms with Gasteiger partial charge in [0.25, 0.3) is 5.91 Å². The minimum absolute atomic E-state index is 0.0819. The van der Waals surface area contributed by atoms with E-state index in [-0.39, 0.29) is 11.8 Å². The van der Waals surface area contributed by atoms with E-state index in [1.165, 1.54) is 17.3 Å². The molecule has 5 rings (SSSR count). The number of rotatable bonds is 8. The number of hydrogen-bond donors (Lipinski definition) is 1. The fraction of sp³-hybridized carbons (Fsp3) is 0.320. The average Bonchev–Trinajstić information content (AvgIpc) is 3.26. The molecule has 4 heterocycles. The topological polar surface area (TPSA) is 70.0 Å². The van der Waals surface area contributed by atoms with Gasteiger partial charge in [-0.1, -0.05) is 48.2 Å². The number of thioether (sulfide) groups is 1. The molecule has 1 fully saturated rings. The molecule has 2 aliphatic rings. The molecule has 33 heavy (non-hydrogen) atoms. The Morgan fingerprint density at radius 2 is 1.94 bits per heavy atom. The minimum Gasteiger partial charge on any atom is -0.352 e. The minimum atomic E-state index is -0.0819. The highest BCUT2D eigenvalue weighted by molar-refractivity contribution is 8.04. The van der Waals surface area contributed by atoms with Gasteiger partial charge in [-0.05, 0) is 36.6 Å². The summed E-state index contributed by atoms with van der Waals surface area (Å²) in [6.07, 6.45) is 5.37. The predicted octanol–water partition coefficient (Wildman–Crippen LogP) is 2.67. The Morgan fingerprint density at radius 1 is 1.06 bits per heavy atom. The molecule has 0 spiro atoms. The number of pyridine rings is 1. The Bertz CT molecular complexity index is 1190. The first-order chi connectivity index (χ1) is 16.2. The quantitative estimate of drug-likeness (QED) is 0.523. The van der Waals surface area contributed by atoms with E-state index in [2.05, 4.69) is 39.5 Å². The first-order valence-corrected chi connectivity index (χ1v) is 12.2. The average molecular weight is 462 g/mol. The maximum absolute atomic E-state index is 12.7. The van der Waals surface area contributed by atoms with Crippen LogP contribution in [0.15, 0.2) is 64.7 Å². The molecule has 3 aromatic rings. The maximum Gasteiger partial charge on any atom is 0.258 e. The third kappa shape index (κ3) is 4.96. The number of benzene rings is 1. The first kappa shape index (κ1) is 21.7. The molecule has 0 bridgehead atoms. The molecule has 0 unspecified atom stereocenters. The monoisotopic (exact) mass is 461 g/mol. The Morgan fingerprint density at radius 3 is 2.79 bits per heavy atom. The van der Waals surface area contributed by atoms with Crippen LogP contribution in [0.25, 0.3) is 11.7 Å². The summed E-state index contributed by atoms with van der Waals surface area (Å²) >= 11 is 1.45. The van der Waals surface area contributed by atoms with Gasteiger partial charge in [0.1, 0.15) is 5.65 Å². The zero-order valence-electron chi connectivity index (χ0n) is 18.4. The van der Waals surface area contributed by atoms with Crippen LogP contribution < -0.4 is 5.32 Å². The van der Waals surface area contributed by atoms with E-state index in [1.807, 2.05) is 39.6 Å². The van der Waals surface area contributed by atoms with Crippen LogP contribution in [-0.4, -0.2) is 70.3 Å². The molecule has 170 valence electrons. The summed E-state index contributed by atoms with van der Waals surface area (Å²) in [5.74, 6) is 0.0917. The molecular formula is C25H27N5O2S. The van der Waals surface area contributed by atoms with Gasteiger partial charge in [-0.25, -0.2) is 4.98 Å².